The van der Waals surface area contributed by atoms with Gasteiger partial charge in [-0.2, -0.15) is 0 Å². The molecule has 6 aromatic carbocycles. The van der Waals surface area contributed by atoms with Crippen LogP contribution in [0.25, 0.3) is 88.3 Å². The molecule has 4 aromatic heterocycles. The molecule has 0 unspecified atom stereocenters. The predicted molar refractivity (Wildman–Crippen MR) is 190 cm³/mol. The summed E-state index contributed by atoms with van der Waals surface area (Å²) in [4.78, 5) is 9.81. The second kappa shape index (κ2) is 9.40. The Kier molecular flexibility index (Phi) is 5.14. The lowest BCUT2D eigenvalue weighted by molar-refractivity contribution is 0.959. The third kappa shape index (κ3) is 3.51. The molecule has 5 heteroatoms. The summed E-state index contributed by atoms with van der Waals surface area (Å²) >= 11 is 0. The molecule has 0 aliphatic carbocycles. The van der Waals surface area contributed by atoms with Gasteiger partial charge in [0.25, 0.3) is 0 Å². The second-order valence-electron chi connectivity index (χ2n) is 12.0. The fraction of sp³-hybridized carbons (Fsp3) is 0.0244. The number of pyridine rings is 1. The lowest BCUT2D eigenvalue weighted by Gasteiger charge is -2.11. The monoisotopic (exact) mass is 589 g/mol. The summed E-state index contributed by atoms with van der Waals surface area (Å²) in [6, 6.07) is 49.9. The normalized spacial score (nSPS) is 12.0. The van der Waals surface area contributed by atoms with Crippen molar-refractivity contribution in [2.24, 2.45) is 7.05 Å². The van der Waals surface area contributed by atoms with E-state index in [-0.39, 0.29) is 0 Å². The first kappa shape index (κ1) is 25.2. The summed E-state index contributed by atoms with van der Waals surface area (Å²) in [5, 5.41) is 7.32. The van der Waals surface area contributed by atoms with Gasteiger partial charge in [-0.3, -0.25) is 4.57 Å². The minimum absolute atomic E-state index is 0.906. The van der Waals surface area contributed by atoms with Gasteiger partial charge in [-0.15, -0.1) is 0 Å². The van der Waals surface area contributed by atoms with E-state index in [1.54, 1.807) is 0 Å². The van der Waals surface area contributed by atoms with E-state index in [4.69, 9.17) is 9.97 Å². The topological polar surface area (TPSA) is 40.6 Å². The summed E-state index contributed by atoms with van der Waals surface area (Å²) in [6.45, 7) is 0. The van der Waals surface area contributed by atoms with E-state index in [0.29, 0.717) is 0 Å². The van der Waals surface area contributed by atoms with Crippen molar-refractivity contribution in [3.8, 4) is 22.9 Å². The van der Waals surface area contributed by atoms with Gasteiger partial charge in [0.15, 0.2) is 0 Å². The van der Waals surface area contributed by atoms with Crippen molar-refractivity contribution in [3.05, 3.63) is 146 Å². The molecule has 0 spiro atoms. The van der Waals surface area contributed by atoms with Gasteiger partial charge in [-0.1, -0.05) is 78.9 Å². The van der Waals surface area contributed by atoms with Crippen LogP contribution in [0.1, 0.15) is 0 Å². The summed E-state index contributed by atoms with van der Waals surface area (Å²) in [5.74, 6) is 1.86. The quantitative estimate of drug-likeness (QED) is 0.206. The molecule has 0 radical (unpaired) electrons. The van der Waals surface area contributed by atoms with Crippen LogP contribution < -0.4 is 0 Å². The molecule has 46 heavy (non-hydrogen) atoms. The van der Waals surface area contributed by atoms with Crippen molar-refractivity contribution in [1.82, 2.24) is 23.7 Å². The zero-order chi connectivity index (χ0) is 30.4. The summed E-state index contributed by atoms with van der Waals surface area (Å²) < 4.78 is 6.89. The van der Waals surface area contributed by atoms with Gasteiger partial charge in [-0.25, -0.2) is 9.97 Å². The fourth-order valence-electron chi connectivity index (χ4n) is 7.36. The molecule has 0 aliphatic rings. The zero-order valence-electron chi connectivity index (χ0n) is 25.1. The molecule has 5 nitrogen and oxygen atoms in total. The van der Waals surface area contributed by atoms with E-state index in [1.807, 2.05) is 24.4 Å². The van der Waals surface area contributed by atoms with E-state index in [2.05, 4.69) is 142 Å². The number of aryl methyl sites for hydroxylation is 1. The molecular formula is C41H27N5. The largest absolute Gasteiger partial charge is 0.327 e. The summed E-state index contributed by atoms with van der Waals surface area (Å²) in [6.07, 6.45) is 1.86. The van der Waals surface area contributed by atoms with Crippen molar-refractivity contribution in [2.45, 2.75) is 0 Å². The van der Waals surface area contributed by atoms with Crippen LogP contribution in [0.5, 0.6) is 0 Å². The maximum atomic E-state index is 5.04. The third-order valence-electron chi connectivity index (χ3n) is 9.47. The maximum Gasteiger partial charge on any atom is 0.140 e. The molecule has 10 rings (SSSR count). The lowest BCUT2D eigenvalue weighted by atomic mass is 10.1. The van der Waals surface area contributed by atoms with Gasteiger partial charge in [0.2, 0.25) is 0 Å². The fourth-order valence-corrected chi connectivity index (χ4v) is 7.36. The van der Waals surface area contributed by atoms with Crippen LogP contribution >= 0.6 is 0 Å². The number of imidazole rings is 1. The van der Waals surface area contributed by atoms with Crippen molar-refractivity contribution in [3.63, 3.8) is 0 Å². The van der Waals surface area contributed by atoms with Crippen molar-refractivity contribution < 1.29 is 0 Å². The zero-order valence-corrected chi connectivity index (χ0v) is 25.1. The van der Waals surface area contributed by atoms with Gasteiger partial charge < -0.3 is 9.13 Å². The minimum atomic E-state index is 0.906. The third-order valence-corrected chi connectivity index (χ3v) is 9.47. The summed E-state index contributed by atoms with van der Waals surface area (Å²) in [5.41, 5.74) is 8.90. The van der Waals surface area contributed by atoms with E-state index in [0.717, 1.165) is 50.5 Å². The molecule has 0 saturated heterocycles. The Balaban J connectivity index is 1.31. The van der Waals surface area contributed by atoms with Crippen LogP contribution in [-0.2, 0) is 7.05 Å². The Morgan fingerprint density at radius 2 is 1.15 bits per heavy atom. The number of para-hydroxylation sites is 3. The minimum Gasteiger partial charge on any atom is -0.327 e. The van der Waals surface area contributed by atoms with Gasteiger partial charge in [0.05, 0.1) is 33.1 Å². The van der Waals surface area contributed by atoms with Crippen LogP contribution in [0.4, 0.5) is 0 Å². The number of nitrogens with zero attached hydrogens (tertiary/aromatic N) is 5. The molecular weight excluding hydrogens is 562 g/mol. The Bertz CT molecular complexity index is 2820. The van der Waals surface area contributed by atoms with Crippen molar-refractivity contribution >= 4 is 65.4 Å². The van der Waals surface area contributed by atoms with Crippen LogP contribution in [0, 0.1) is 0 Å². The average Bonchev–Trinajstić information content (AvgIpc) is 3.74. The van der Waals surface area contributed by atoms with E-state index in [1.165, 1.54) is 37.8 Å². The number of aromatic nitrogens is 5. The molecule has 0 saturated carbocycles. The Morgan fingerprint density at radius 3 is 2.00 bits per heavy atom. The number of benzene rings is 6. The van der Waals surface area contributed by atoms with E-state index >= 15 is 0 Å². The highest BCUT2D eigenvalue weighted by Crippen LogP contribution is 2.39. The first-order valence-electron chi connectivity index (χ1n) is 15.6. The molecule has 10 aromatic rings. The molecule has 216 valence electrons. The van der Waals surface area contributed by atoms with E-state index < -0.39 is 0 Å². The molecule has 0 amide bonds. The molecule has 0 bridgehead atoms. The smallest absolute Gasteiger partial charge is 0.140 e. The molecule has 0 N–H and O–H groups in total. The maximum absolute atomic E-state index is 5.04. The van der Waals surface area contributed by atoms with Gasteiger partial charge in [0, 0.05) is 46.0 Å². The SMILES string of the molecule is Cn1c(-c2ccc3c4cc5ccccc5cc4n(-c4ccc5c6ccccc6n(-c6ccccn6)c5c4)c3c2)nc2ccccc21. The van der Waals surface area contributed by atoms with Gasteiger partial charge in [-0.05, 0) is 71.4 Å². The summed E-state index contributed by atoms with van der Waals surface area (Å²) in [7, 11) is 2.10. The first-order chi connectivity index (χ1) is 22.7. The Morgan fingerprint density at radius 1 is 0.478 bits per heavy atom. The first-order valence-corrected chi connectivity index (χ1v) is 15.6. The van der Waals surface area contributed by atoms with Gasteiger partial charge >= 0.3 is 0 Å². The number of rotatable bonds is 3. The van der Waals surface area contributed by atoms with Crippen LogP contribution in [0.2, 0.25) is 0 Å². The molecule has 0 atom stereocenters. The number of fused-ring (bicyclic) bond motifs is 8. The van der Waals surface area contributed by atoms with Gasteiger partial charge in [0.1, 0.15) is 11.6 Å². The predicted octanol–water partition coefficient (Wildman–Crippen LogP) is 9.98. The number of hydrogen-bond acceptors (Lipinski definition) is 2. The van der Waals surface area contributed by atoms with E-state index in [9.17, 15) is 0 Å². The number of hydrogen-bond donors (Lipinski definition) is 0. The van der Waals surface area contributed by atoms with Crippen molar-refractivity contribution in [1.29, 1.82) is 0 Å². The average molecular weight is 590 g/mol. The van der Waals surface area contributed by atoms with Crippen LogP contribution in [0.15, 0.2) is 146 Å². The lowest BCUT2D eigenvalue weighted by Crippen LogP contribution is -1.98. The van der Waals surface area contributed by atoms with Crippen LogP contribution in [0.3, 0.4) is 0 Å². The molecule has 0 aliphatic heterocycles. The standard InChI is InChI=1S/C41H27N5/c1-44-36-15-7-5-13-34(36)43-41(44)28-17-19-32-33-22-26-10-2-3-11-27(26)23-38(33)45(37(32)24-28)29-18-20-31-30-12-4-6-14-35(30)46(39(31)25-29)40-16-8-9-21-42-40/h2-25H,1H3. The molecule has 0 fully saturated rings. The van der Waals surface area contributed by atoms with Crippen LogP contribution in [-0.4, -0.2) is 23.7 Å². The highest BCUT2D eigenvalue weighted by atomic mass is 15.1. The molecule has 4 heterocycles. The van der Waals surface area contributed by atoms with Crippen molar-refractivity contribution in [2.75, 3.05) is 0 Å². The highest BCUT2D eigenvalue weighted by molar-refractivity contribution is 6.15. The second-order valence-corrected chi connectivity index (χ2v) is 12.0. The highest BCUT2D eigenvalue weighted by Gasteiger charge is 2.19. The Labute approximate surface area is 264 Å². The Hall–Kier alpha value is -6.20.